The number of hydrogen-bond donors (Lipinski definition) is 1. The van der Waals surface area contributed by atoms with Crippen LogP contribution in [0, 0.1) is 11.6 Å². The topological polar surface area (TPSA) is 72.7 Å². The van der Waals surface area contributed by atoms with E-state index in [2.05, 4.69) is 20.5 Å². The van der Waals surface area contributed by atoms with Crippen LogP contribution in [0.5, 0.6) is 0 Å². The van der Waals surface area contributed by atoms with Crippen molar-refractivity contribution in [1.82, 2.24) is 19.7 Å². The number of carbonyl (C=O) groups is 1. The van der Waals surface area contributed by atoms with Crippen LogP contribution in [0.15, 0.2) is 35.1 Å². The lowest BCUT2D eigenvalue weighted by Gasteiger charge is -2.10. The van der Waals surface area contributed by atoms with E-state index in [0.29, 0.717) is 28.1 Å². The van der Waals surface area contributed by atoms with Crippen molar-refractivity contribution in [3.63, 3.8) is 0 Å². The monoisotopic (exact) mass is 395 g/mol. The van der Waals surface area contributed by atoms with Crippen molar-refractivity contribution in [3.8, 4) is 11.3 Å². The molecule has 0 spiro atoms. The van der Waals surface area contributed by atoms with Gasteiger partial charge in [-0.05, 0) is 32.0 Å². The van der Waals surface area contributed by atoms with Crippen LogP contribution in [-0.2, 0) is 11.3 Å². The molecule has 3 aromatic rings. The summed E-state index contributed by atoms with van der Waals surface area (Å²) in [6.07, 6.45) is 1.61. The van der Waals surface area contributed by atoms with E-state index in [9.17, 15) is 13.6 Å². The predicted octanol–water partition coefficient (Wildman–Crippen LogP) is 3.82. The molecule has 0 saturated carbocycles. The van der Waals surface area contributed by atoms with Gasteiger partial charge in [0, 0.05) is 17.5 Å². The minimum atomic E-state index is -0.939. The second-order valence-electron chi connectivity index (χ2n) is 5.32. The summed E-state index contributed by atoms with van der Waals surface area (Å²) in [5.41, 5.74) is 0.911. The number of halogens is 2. The number of thiazole rings is 1. The second-order valence-corrected chi connectivity index (χ2v) is 7.48. The number of carbonyl (C=O) groups excluding carboxylic acids is 1. The smallest absolute Gasteiger partial charge is 0.239 e. The Morgan fingerprint density at radius 3 is 2.92 bits per heavy atom. The molecule has 2 heterocycles. The van der Waals surface area contributed by atoms with Crippen LogP contribution >= 0.6 is 23.1 Å². The minimum absolute atomic E-state index is 0.230. The van der Waals surface area contributed by atoms with E-state index in [1.807, 2.05) is 11.5 Å². The number of nitrogens with one attached hydrogen (secondary N) is 1. The lowest BCUT2D eigenvalue weighted by Crippen LogP contribution is -2.22. The number of nitrogens with zero attached hydrogens (tertiary/aromatic N) is 4. The van der Waals surface area contributed by atoms with Gasteiger partial charge in [-0.1, -0.05) is 11.8 Å². The molecule has 26 heavy (non-hydrogen) atoms. The number of anilines is 1. The quantitative estimate of drug-likeness (QED) is 0.643. The molecule has 2 aromatic heterocycles. The van der Waals surface area contributed by atoms with Gasteiger partial charge in [0.05, 0.1) is 10.9 Å². The number of thioether (sulfide) groups is 1. The van der Waals surface area contributed by atoms with Gasteiger partial charge in [0.1, 0.15) is 6.33 Å². The van der Waals surface area contributed by atoms with Gasteiger partial charge in [0.2, 0.25) is 5.91 Å². The fraction of sp³-hybridized carbons (Fsp3) is 0.250. The van der Waals surface area contributed by atoms with E-state index in [1.54, 1.807) is 18.6 Å². The van der Waals surface area contributed by atoms with E-state index in [4.69, 9.17) is 0 Å². The summed E-state index contributed by atoms with van der Waals surface area (Å²) in [7, 11) is 0. The maximum atomic E-state index is 13.3. The summed E-state index contributed by atoms with van der Waals surface area (Å²) in [5, 5.41) is 12.9. The molecule has 0 aliphatic rings. The van der Waals surface area contributed by atoms with Crippen LogP contribution in [0.1, 0.15) is 13.8 Å². The van der Waals surface area contributed by atoms with Crippen molar-refractivity contribution in [1.29, 1.82) is 0 Å². The SMILES string of the molecule is CCn1cnnc1S[C@@H](C)C(=O)Nc1nc(-c2ccc(F)c(F)c2)cs1. The van der Waals surface area contributed by atoms with Crippen molar-refractivity contribution < 1.29 is 13.6 Å². The predicted molar refractivity (Wildman–Crippen MR) is 97.1 cm³/mol. The largest absolute Gasteiger partial charge is 0.309 e. The van der Waals surface area contributed by atoms with Crippen molar-refractivity contribution in [2.45, 2.75) is 30.8 Å². The Labute approximate surface area is 156 Å². The Balaban J connectivity index is 1.66. The third-order valence-corrected chi connectivity index (χ3v) is 5.37. The van der Waals surface area contributed by atoms with Crippen LogP contribution in [-0.4, -0.2) is 30.9 Å². The van der Waals surface area contributed by atoms with Crippen molar-refractivity contribution in [3.05, 3.63) is 41.5 Å². The molecule has 1 N–H and O–H groups in total. The average Bonchev–Trinajstić information content (AvgIpc) is 3.26. The molecule has 3 rings (SSSR count). The molecule has 0 saturated heterocycles. The summed E-state index contributed by atoms with van der Waals surface area (Å²) in [6.45, 7) is 4.44. The molecule has 1 atom stereocenters. The highest BCUT2D eigenvalue weighted by Gasteiger charge is 2.19. The van der Waals surface area contributed by atoms with Crippen LogP contribution in [0.4, 0.5) is 13.9 Å². The third kappa shape index (κ3) is 4.07. The maximum Gasteiger partial charge on any atom is 0.239 e. The molecular formula is C16H15F2N5OS2. The maximum absolute atomic E-state index is 13.3. The van der Waals surface area contributed by atoms with Crippen LogP contribution in [0.2, 0.25) is 0 Å². The van der Waals surface area contributed by atoms with Crippen LogP contribution in [0.3, 0.4) is 0 Å². The van der Waals surface area contributed by atoms with Gasteiger partial charge in [0.25, 0.3) is 0 Å². The van der Waals surface area contributed by atoms with Crippen molar-refractivity contribution >= 4 is 34.1 Å². The molecule has 10 heteroatoms. The Kier molecular flexibility index (Phi) is 5.62. The number of rotatable bonds is 6. The molecule has 0 aliphatic carbocycles. The van der Waals surface area contributed by atoms with E-state index >= 15 is 0 Å². The Bertz CT molecular complexity index is 927. The molecule has 0 radical (unpaired) electrons. The summed E-state index contributed by atoms with van der Waals surface area (Å²) in [5.74, 6) is -2.08. The van der Waals surface area contributed by atoms with E-state index in [0.717, 1.165) is 12.1 Å². The molecular weight excluding hydrogens is 380 g/mol. The van der Waals surface area contributed by atoms with Crippen LogP contribution in [0.25, 0.3) is 11.3 Å². The molecule has 6 nitrogen and oxygen atoms in total. The number of hydrogen-bond acceptors (Lipinski definition) is 6. The summed E-state index contributed by atoms with van der Waals surface area (Å²) in [4.78, 5) is 16.6. The van der Waals surface area contributed by atoms with E-state index in [-0.39, 0.29) is 5.91 Å². The van der Waals surface area contributed by atoms with Gasteiger partial charge < -0.3 is 9.88 Å². The summed E-state index contributed by atoms with van der Waals surface area (Å²) >= 11 is 2.51. The first kappa shape index (κ1) is 18.5. The Morgan fingerprint density at radius 1 is 1.38 bits per heavy atom. The van der Waals surface area contributed by atoms with Gasteiger partial charge in [0.15, 0.2) is 21.9 Å². The molecule has 1 amide bonds. The van der Waals surface area contributed by atoms with Crippen LogP contribution < -0.4 is 5.32 Å². The van der Waals surface area contributed by atoms with Gasteiger partial charge >= 0.3 is 0 Å². The second kappa shape index (κ2) is 7.92. The van der Waals surface area contributed by atoms with Gasteiger partial charge in [-0.3, -0.25) is 4.79 Å². The fourth-order valence-corrected chi connectivity index (χ4v) is 3.70. The average molecular weight is 395 g/mol. The third-order valence-electron chi connectivity index (χ3n) is 3.52. The Morgan fingerprint density at radius 2 is 2.19 bits per heavy atom. The number of benzene rings is 1. The lowest BCUT2D eigenvalue weighted by atomic mass is 10.2. The number of amides is 1. The number of aromatic nitrogens is 4. The van der Waals surface area contributed by atoms with Gasteiger partial charge in [-0.15, -0.1) is 21.5 Å². The molecule has 0 fully saturated rings. The first-order chi connectivity index (χ1) is 12.5. The van der Waals surface area contributed by atoms with Gasteiger partial charge in [-0.25, -0.2) is 13.8 Å². The summed E-state index contributed by atoms with van der Waals surface area (Å²) < 4.78 is 28.2. The lowest BCUT2D eigenvalue weighted by molar-refractivity contribution is -0.115. The zero-order chi connectivity index (χ0) is 18.7. The van der Waals surface area contributed by atoms with E-state index in [1.165, 1.54) is 29.2 Å². The minimum Gasteiger partial charge on any atom is -0.309 e. The first-order valence-corrected chi connectivity index (χ1v) is 9.50. The van der Waals surface area contributed by atoms with Gasteiger partial charge in [-0.2, -0.15) is 0 Å². The molecule has 0 aliphatic heterocycles. The molecule has 136 valence electrons. The molecule has 0 unspecified atom stereocenters. The van der Waals surface area contributed by atoms with Crippen molar-refractivity contribution in [2.75, 3.05) is 5.32 Å². The Hall–Kier alpha value is -2.33. The molecule has 0 bridgehead atoms. The number of aryl methyl sites for hydroxylation is 1. The highest BCUT2D eigenvalue weighted by molar-refractivity contribution is 8.00. The first-order valence-electron chi connectivity index (χ1n) is 7.74. The standard InChI is InChI=1S/C16H15F2N5OS2/c1-3-23-8-19-22-16(23)26-9(2)14(24)21-15-20-13(7-25-15)10-4-5-11(17)12(18)6-10/h4-9H,3H2,1-2H3,(H,20,21,24)/t9-/m0/s1. The van der Waals surface area contributed by atoms with Crippen molar-refractivity contribution in [2.24, 2.45) is 0 Å². The zero-order valence-corrected chi connectivity index (χ0v) is 15.6. The fourth-order valence-electron chi connectivity index (χ4n) is 2.09. The van der Waals surface area contributed by atoms with E-state index < -0.39 is 16.9 Å². The molecule has 1 aromatic carbocycles. The highest BCUT2D eigenvalue weighted by Crippen LogP contribution is 2.27. The highest BCUT2D eigenvalue weighted by atomic mass is 32.2. The normalized spacial score (nSPS) is 12.2. The zero-order valence-electron chi connectivity index (χ0n) is 13.9. The summed E-state index contributed by atoms with van der Waals surface area (Å²) in [6, 6.07) is 3.56.